The van der Waals surface area contributed by atoms with Gasteiger partial charge in [0.2, 0.25) is 0 Å². The SMILES string of the molecule is CCCCCCCCC(CC)C(C)(C)OC(=O)C#CC(=O)OC(C)(C)C(CC)CCCCCCCC. The second kappa shape index (κ2) is 19.6. The Kier molecular flexibility index (Phi) is 18.8. The van der Waals surface area contributed by atoms with Crippen LogP contribution < -0.4 is 0 Å². The van der Waals surface area contributed by atoms with Crippen LogP contribution in [-0.4, -0.2) is 23.1 Å². The number of hydrogen-bond acceptors (Lipinski definition) is 4. The first-order chi connectivity index (χ1) is 17.0. The Labute approximate surface area is 224 Å². The zero-order valence-corrected chi connectivity index (χ0v) is 25.1. The van der Waals surface area contributed by atoms with E-state index in [1.807, 2.05) is 27.7 Å². The summed E-state index contributed by atoms with van der Waals surface area (Å²) >= 11 is 0. The van der Waals surface area contributed by atoms with E-state index in [0.29, 0.717) is 0 Å². The smallest absolute Gasteiger partial charge is 0.385 e. The maximum Gasteiger partial charge on any atom is 0.385 e. The molecular weight excluding hydrogens is 448 g/mol. The van der Waals surface area contributed by atoms with E-state index in [2.05, 4.69) is 39.5 Å². The molecule has 0 N–H and O–H groups in total. The van der Waals surface area contributed by atoms with Crippen molar-refractivity contribution in [2.45, 2.75) is 169 Å². The van der Waals surface area contributed by atoms with E-state index in [0.717, 1.165) is 38.5 Å². The molecule has 36 heavy (non-hydrogen) atoms. The highest BCUT2D eigenvalue weighted by atomic mass is 16.6. The monoisotopic (exact) mass is 506 g/mol. The van der Waals surface area contributed by atoms with E-state index >= 15 is 0 Å². The van der Waals surface area contributed by atoms with Crippen LogP contribution in [0.25, 0.3) is 0 Å². The Morgan fingerprint density at radius 1 is 0.556 bits per heavy atom. The molecule has 4 heteroatoms. The van der Waals surface area contributed by atoms with Gasteiger partial charge in [0, 0.05) is 11.8 Å². The number of carbonyl (C=O) groups excluding carboxylic acids is 2. The normalized spacial score (nSPS) is 13.4. The van der Waals surface area contributed by atoms with Gasteiger partial charge in [-0.05, 0) is 65.2 Å². The molecule has 210 valence electrons. The summed E-state index contributed by atoms with van der Waals surface area (Å²) < 4.78 is 11.4. The van der Waals surface area contributed by atoms with Crippen LogP contribution in [0.15, 0.2) is 0 Å². The lowest BCUT2D eigenvalue weighted by molar-refractivity contribution is -0.157. The lowest BCUT2D eigenvalue weighted by atomic mass is 9.84. The van der Waals surface area contributed by atoms with Crippen LogP contribution in [0.4, 0.5) is 0 Å². The summed E-state index contributed by atoms with van der Waals surface area (Å²) in [5.74, 6) is 3.97. The minimum absolute atomic E-state index is 0.271. The molecule has 0 aliphatic heterocycles. The van der Waals surface area contributed by atoms with Gasteiger partial charge in [0.15, 0.2) is 0 Å². The number of carbonyl (C=O) groups is 2. The number of esters is 2. The van der Waals surface area contributed by atoms with Gasteiger partial charge < -0.3 is 9.47 Å². The number of unbranched alkanes of at least 4 members (excludes halogenated alkanes) is 10. The van der Waals surface area contributed by atoms with Gasteiger partial charge in [0.05, 0.1) is 0 Å². The first kappa shape index (κ1) is 34.5. The molecule has 4 nitrogen and oxygen atoms in total. The van der Waals surface area contributed by atoms with Crippen molar-refractivity contribution < 1.29 is 19.1 Å². The molecule has 0 aromatic carbocycles. The van der Waals surface area contributed by atoms with Gasteiger partial charge in [-0.1, -0.05) is 105 Å². The molecule has 0 aliphatic carbocycles. The Balaban J connectivity index is 4.70. The highest BCUT2D eigenvalue weighted by molar-refractivity contribution is 5.98. The molecular formula is C32H58O4. The molecule has 0 heterocycles. The minimum atomic E-state index is -0.657. The molecule has 2 atom stereocenters. The van der Waals surface area contributed by atoms with Crippen LogP contribution >= 0.6 is 0 Å². The third kappa shape index (κ3) is 15.6. The third-order valence-electron chi connectivity index (χ3n) is 7.74. The number of rotatable bonds is 20. The van der Waals surface area contributed by atoms with Crippen LogP contribution in [0.3, 0.4) is 0 Å². The summed E-state index contributed by atoms with van der Waals surface area (Å²) in [5, 5.41) is 0. The summed E-state index contributed by atoms with van der Waals surface area (Å²) in [5.41, 5.74) is -1.23. The highest BCUT2D eigenvalue weighted by Crippen LogP contribution is 2.31. The van der Waals surface area contributed by atoms with Crippen molar-refractivity contribution in [2.24, 2.45) is 11.8 Å². The van der Waals surface area contributed by atoms with Crippen molar-refractivity contribution in [3.05, 3.63) is 0 Å². The lowest BCUT2D eigenvalue weighted by Gasteiger charge is -2.33. The Hall–Kier alpha value is -1.50. The van der Waals surface area contributed by atoms with Crippen molar-refractivity contribution in [1.82, 2.24) is 0 Å². The maximum atomic E-state index is 12.4. The van der Waals surface area contributed by atoms with Gasteiger partial charge in [-0.25, -0.2) is 9.59 Å². The molecule has 0 rings (SSSR count). The van der Waals surface area contributed by atoms with E-state index in [4.69, 9.17) is 9.47 Å². The van der Waals surface area contributed by atoms with Crippen molar-refractivity contribution in [3.8, 4) is 11.8 Å². The molecule has 0 aromatic heterocycles. The van der Waals surface area contributed by atoms with E-state index in [1.54, 1.807) is 0 Å². The highest BCUT2D eigenvalue weighted by Gasteiger charge is 2.33. The number of hydrogen-bond donors (Lipinski definition) is 0. The van der Waals surface area contributed by atoms with Crippen LogP contribution in [0.5, 0.6) is 0 Å². The standard InChI is InChI=1S/C32H58O4/c1-9-13-15-17-19-21-23-27(11-3)31(5,6)35-29(33)25-26-30(34)36-32(7,8)28(12-4)24-22-20-18-16-14-10-2/h27-28H,9-24H2,1-8H3. The van der Waals surface area contributed by atoms with Gasteiger partial charge in [-0.2, -0.15) is 0 Å². The van der Waals surface area contributed by atoms with Crippen LogP contribution in [0, 0.1) is 23.7 Å². The Morgan fingerprint density at radius 2 is 0.861 bits per heavy atom. The minimum Gasteiger partial charge on any atom is -0.450 e. The van der Waals surface area contributed by atoms with Gasteiger partial charge in [-0.15, -0.1) is 0 Å². The molecule has 0 aliphatic rings. The zero-order valence-electron chi connectivity index (χ0n) is 25.1. The van der Waals surface area contributed by atoms with E-state index < -0.39 is 23.1 Å². The summed E-state index contributed by atoms with van der Waals surface area (Å²) in [7, 11) is 0. The van der Waals surface area contributed by atoms with Crippen LogP contribution in [0.2, 0.25) is 0 Å². The first-order valence-electron chi connectivity index (χ1n) is 15.0. The molecule has 0 aromatic rings. The first-order valence-corrected chi connectivity index (χ1v) is 15.0. The zero-order chi connectivity index (χ0) is 27.5. The second-order valence-corrected chi connectivity index (χ2v) is 11.6. The predicted molar refractivity (Wildman–Crippen MR) is 152 cm³/mol. The quantitative estimate of drug-likeness (QED) is 0.0714. The van der Waals surface area contributed by atoms with Crippen LogP contribution in [-0.2, 0) is 19.1 Å². The molecule has 0 saturated carbocycles. The molecule has 2 unspecified atom stereocenters. The van der Waals surface area contributed by atoms with Crippen molar-refractivity contribution in [1.29, 1.82) is 0 Å². The van der Waals surface area contributed by atoms with Crippen molar-refractivity contribution in [3.63, 3.8) is 0 Å². The van der Waals surface area contributed by atoms with Crippen molar-refractivity contribution in [2.75, 3.05) is 0 Å². The summed E-state index contributed by atoms with van der Waals surface area (Å²) in [6.07, 6.45) is 18.9. The van der Waals surface area contributed by atoms with E-state index in [1.165, 1.54) is 64.2 Å². The van der Waals surface area contributed by atoms with Gasteiger partial charge >= 0.3 is 11.9 Å². The van der Waals surface area contributed by atoms with Gasteiger partial charge in [0.25, 0.3) is 0 Å². The fraction of sp³-hybridized carbons (Fsp3) is 0.875. The summed E-state index contributed by atoms with van der Waals surface area (Å²) in [6.45, 7) is 16.5. The predicted octanol–water partition coefficient (Wildman–Crippen LogP) is 9.19. The molecule has 0 radical (unpaired) electrons. The Bertz CT molecular complexity index is 599. The lowest BCUT2D eigenvalue weighted by Crippen LogP contribution is -2.37. The van der Waals surface area contributed by atoms with E-state index in [9.17, 15) is 9.59 Å². The fourth-order valence-corrected chi connectivity index (χ4v) is 5.23. The summed E-state index contributed by atoms with van der Waals surface area (Å²) in [6, 6.07) is 0. The number of ether oxygens (including phenoxy) is 2. The molecule has 0 bridgehead atoms. The van der Waals surface area contributed by atoms with Gasteiger partial charge in [-0.3, -0.25) is 0 Å². The average molecular weight is 507 g/mol. The van der Waals surface area contributed by atoms with Gasteiger partial charge in [0.1, 0.15) is 11.2 Å². The largest absolute Gasteiger partial charge is 0.450 e. The average Bonchev–Trinajstić information content (AvgIpc) is 2.81. The summed E-state index contributed by atoms with van der Waals surface area (Å²) in [4.78, 5) is 24.9. The van der Waals surface area contributed by atoms with E-state index in [-0.39, 0.29) is 11.8 Å². The molecule has 0 amide bonds. The topological polar surface area (TPSA) is 52.6 Å². The van der Waals surface area contributed by atoms with Crippen LogP contribution in [0.1, 0.15) is 158 Å². The molecule has 0 spiro atoms. The Morgan fingerprint density at radius 3 is 1.17 bits per heavy atom. The molecule has 0 saturated heterocycles. The fourth-order valence-electron chi connectivity index (χ4n) is 5.23. The molecule has 0 fully saturated rings. The third-order valence-corrected chi connectivity index (χ3v) is 7.74. The maximum absolute atomic E-state index is 12.4. The second-order valence-electron chi connectivity index (χ2n) is 11.6. The van der Waals surface area contributed by atoms with Crippen molar-refractivity contribution >= 4 is 11.9 Å².